The van der Waals surface area contributed by atoms with Gasteiger partial charge in [0.05, 0.1) is 38.1 Å². The van der Waals surface area contributed by atoms with Crippen LogP contribution in [0.3, 0.4) is 0 Å². The molecule has 0 unspecified atom stereocenters. The van der Waals surface area contributed by atoms with Crippen molar-refractivity contribution in [2.24, 2.45) is 5.10 Å². The van der Waals surface area contributed by atoms with Crippen LogP contribution in [0.4, 0.5) is 0 Å². The van der Waals surface area contributed by atoms with E-state index in [0.29, 0.717) is 11.3 Å². The molecule has 1 amide bonds. The summed E-state index contributed by atoms with van der Waals surface area (Å²) in [6.07, 6.45) is 1.33. The number of nitrogens with one attached hydrogen (secondary N) is 1. The molecule has 0 aliphatic carbocycles. The Kier molecular flexibility index (Phi) is 7.67. The van der Waals surface area contributed by atoms with Crippen molar-refractivity contribution in [2.75, 3.05) is 27.9 Å². The fourth-order valence-corrected chi connectivity index (χ4v) is 2.47. The summed E-state index contributed by atoms with van der Waals surface area (Å²) in [4.78, 5) is 23.4. The van der Waals surface area contributed by atoms with Crippen molar-refractivity contribution < 1.29 is 33.6 Å². The lowest BCUT2D eigenvalue weighted by molar-refractivity contribution is -0.142. The maximum atomic E-state index is 12.1. The van der Waals surface area contributed by atoms with Gasteiger partial charge in [0.2, 0.25) is 0 Å². The van der Waals surface area contributed by atoms with Gasteiger partial charge in [0, 0.05) is 6.07 Å². The summed E-state index contributed by atoms with van der Waals surface area (Å²) in [5.41, 5.74) is 2.83. The number of nitrogens with zero attached hydrogens (tertiary/aromatic N) is 1. The summed E-state index contributed by atoms with van der Waals surface area (Å²) in [7, 11) is 4.10. The van der Waals surface area contributed by atoms with E-state index in [1.807, 2.05) is 0 Å². The zero-order valence-corrected chi connectivity index (χ0v) is 16.6. The van der Waals surface area contributed by atoms with Crippen LogP contribution < -0.4 is 19.6 Å². The maximum absolute atomic E-state index is 12.1. The molecule has 9 nitrogen and oxygen atoms in total. The third kappa shape index (κ3) is 5.76. The molecule has 0 aliphatic heterocycles. The molecular weight excluding hydrogens is 404 g/mol. The first-order chi connectivity index (χ1) is 13.9. The van der Waals surface area contributed by atoms with Crippen LogP contribution in [0.2, 0.25) is 5.02 Å². The van der Waals surface area contributed by atoms with Crippen LogP contribution in [0.1, 0.15) is 15.9 Å². The van der Waals surface area contributed by atoms with Gasteiger partial charge in [-0.05, 0) is 29.8 Å². The van der Waals surface area contributed by atoms with E-state index in [1.165, 1.54) is 51.8 Å². The lowest BCUT2D eigenvalue weighted by atomic mass is 10.2. The maximum Gasteiger partial charge on any atom is 0.343 e. The second kappa shape index (κ2) is 10.2. The molecule has 0 atom stereocenters. The number of hydrogen-bond donors (Lipinski definition) is 2. The quantitative estimate of drug-likeness (QED) is 0.381. The second-order valence-corrected chi connectivity index (χ2v) is 5.89. The second-order valence-electron chi connectivity index (χ2n) is 5.48. The summed E-state index contributed by atoms with van der Waals surface area (Å²) in [6.45, 7) is -0.332. The Hall–Kier alpha value is -3.46. The van der Waals surface area contributed by atoms with E-state index < -0.39 is 11.9 Å². The van der Waals surface area contributed by atoms with Gasteiger partial charge in [0.1, 0.15) is 11.5 Å². The highest BCUT2D eigenvalue weighted by Crippen LogP contribution is 2.36. The van der Waals surface area contributed by atoms with E-state index in [0.717, 1.165) is 0 Å². The van der Waals surface area contributed by atoms with E-state index in [-0.39, 0.29) is 34.4 Å². The van der Waals surface area contributed by atoms with Gasteiger partial charge in [0.15, 0.2) is 18.1 Å². The number of methoxy groups -OCH3 is 3. The van der Waals surface area contributed by atoms with Crippen LogP contribution in [-0.2, 0) is 9.53 Å². The number of ether oxygens (including phenoxy) is 4. The molecule has 2 aromatic carbocycles. The lowest BCUT2D eigenvalue weighted by Crippen LogP contribution is -2.17. The molecular formula is C19H19ClN2O7. The van der Waals surface area contributed by atoms with Gasteiger partial charge in [-0.2, -0.15) is 5.10 Å². The van der Waals surface area contributed by atoms with Crippen molar-refractivity contribution in [1.82, 2.24) is 5.43 Å². The van der Waals surface area contributed by atoms with Gasteiger partial charge in [-0.25, -0.2) is 10.2 Å². The SMILES string of the molecule is COC(=O)COc1c(Cl)cc(/C=N\NC(=O)c2ccc(OC)cc2O)cc1OC. The van der Waals surface area contributed by atoms with Gasteiger partial charge >= 0.3 is 5.97 Å². The normalized spacial score (nSPS) is 10.5. The van der Waals surface area contributed by atoms with Crippen molar-refractivity contribution in [3.63, 3.8) is 0 Å². The highest BCUT2D eigenvalue weighted by molar-refractivity contribution is 6.32. The van der Waals surface area contributed by atoms with Crippen molar-refractivity contribution in [2.45, 2.75) is 0 Å². The van der Waals surface area contributed by atoms with E-state index in [4.69, 9.17) is 25.8 Å². The number of benzene rings is 2. The van der Waals surface area contributed by atoms with Crippen molar-refractivity contribution >= 4 is 29.7 Å². The standard InChI is InChI=1S/C19H19ClN2O7/c1-26-12-4-5-13(15(23)8-12)19(25)22-21-9-11-6-14(20)18(16(7-11)27-2)29-10-17(24)28-3/h4-9,23H,10H2,1-3H3,(H,22,25)/b21-9-. The Morgan fingerprint density at radius 2 is 1.93 bits per heavy atom. The highest BCUT2D eigenvalue weighted by atomic mass is 35.5. The molecule has 0 bridgehead atoms. The number of amides is 1. The van der Waals surface area contributed by atoms with Gasteiger partial charge < -0.3 is 24.1 Å². The monoisotopic (exact) mass is 422 g/mol. The summed E-state index contributed by atoms with van der Waals surface area (Å²) in [5.74, 6) is -0.575. The number of hydrogen-bond acceptors (Lipinski definition) is 8. The summed E-state index contributed by atoms with van der Waals surface area (Å²) < 4.78 is 20.0. The van der Waals surface area contributed by atoms with Crippen LogP contribution in [0.5, 0.6) is 23.0 Å². The summed E-state index contributed by atoms with van der Waals surface area (Å²) in [6, 6.07) is 7.33. The molecule has 0 aliphatic rings. The Balaban J connectivity index is 2.11. The molecule has 10 heteroatoms. The van der Waals surface area contributed by atoms with Crippen molar-refractivity contribution in [3.8, 4) is 23.0 Å². The average Bonchev–Trinajstić information content (AvgIpc) is 2.71. The van der Waals surface area contributed by atoms with Gasteiger partial charge in [-0.3, -0.25) is 4.79 Å². The lowest BCUT2D eigenvalue weighted by Gasteiger charge is -2.12. The molecule has 0 saturated heterocycles. The van der Waals surface area contributed by atoms with E-state index in [9.17, 15) is 14.7 Å². The fourth-order valence-electron chi connectivity index (χ4n) is 2.20. The van der Waals surface area contributed by atoms with Gasteiger partial charge in [-0.1, -0.05) is 11.6 Å². The minimum Gasteiger partial charge on any atom is -0.507 e. The summed E-state index contributed by atoms with van der Waals surface area (Å²) in [5, 5.41) is 13.9. The van der Waals surface area contributed by atoms with E-state index in [2.05, 4.69) is 15.3 Å². The third-order valence-electron chi connectivity index (χ3n) is 3.64. The molecule has 2 aromatic rings. The number of hydrazone groups is 1. The Bertz CT molecular complexity index is 931. The first kappa shape index (κ1) is 21.8. The molecule has 0 spiro atoms. The zero-order chi connectivity index (χ0) is 21.4. The molecule has 0 saturated carbocycles. The van der Waals surface area contributed by atoms with Crippen LogP contribution in [0.15, 0.2) is 35.4 Å². The van der Waals surface area contributed by atoms with Crippen molar-refractivity contribution in [3.05, 3.63) is 46.5 Å². The molecule has 0 aromatic heterocycles. The van der Waals surface area contributed by atoms with Gasteiger partial charge in [0.25, 0.3) is 5.91 Å². The zero-order valence-electron chi connectivity index (χ0n) is 15.9. The topological polar surface area (TPSA) is 116 Å². The van der Waals surface area contributed by atoms with Crippen molar-refractivity contribution in [1.29, 1.82) is 0 Å². The molecule has 0 fully saturated rings. The molecule has 154 valence electrons. The Morgan fingerprint density at radius 1 is 1.17 bits per heavy atom. The number of carbonyl (C=O) groups is 2. The number of carbonyl (C=O) groups excluding carboxylic acids is 2. The minimum atomic E-state index is -0.613. The van der Waals surface area contributed by atoms with E-state index >= 15 is 0 Å². The molecule has 29 heavy (non-hydrogen) atoms. The number of esters is 1. The number of phenols is 1. The Morgan fingerprint density at radius 3 is 2.55 bits per heavy atom. The van der Waals surface area contributed by atoms with Gasteiger partial charge in [-0.15, -0.1) is 0 Å². The fraction of sp³-hybridized carbons (Fsp3) is 0.211. The third-order valence-corrected chi connectivity index (χ3v) is 3.92. The molecule has 2 rings (SSSR count). The first-order valence-electron chi connectivity index (χ1n) is 8.17. The molecule has 2 N–H and O–H groups in total. The van der Waals surface area contributed by atoms with Crippen LogP contribution in [-0.4, -0.2) is 51.1 Å². The number of aromatic hydroxyl groups is 1. The largest absolute Gasteiger partial charge is 0.507 e. The number of rotatable bonds is 8. The average molecular weight is 423 g/mol. The predicted octanol–water partition coefficient (Wildman–Crippen LogP) is 2.38. The van der Waals surface area contributed by atoms with Crippen LogP contribution >= 0.6 is 11.6 Å². The molecule has 0 heterocycles. The number of halogens is 1. The van der Waals surface area contributed by atoms with Crippen LogP contribution in [0.25, 0.3) is 0 Å². The summed E-state index contributed by atoms with van der Waals surface area (Å²) >= 11 is 6.18. The Labute approximate surface area is 171 Å². The molecule has 0 radical (unpaired) electrons. The first-order valence-corrected chi connectivity index (χ1v) is 8.55. The minimum absolute atomic E-state index is 0.0325. The van der Waals surface area contributed by atoms with Crippen LogP contribution in [0, 0.1) is 0 Å². The highest BCUT2D eigenvalue weighted by Gasteiger charge is 2.14. The predicted molar refractivity (Wildman–Crippen MR) is 105 cm³/mol. The van der Waals surface area contributed by atoms with E-state index in [1.54, 1.807) is 6.07 Å². The number of phenolic OH excluding ortho intramolecular Hbond substituents is 1. The smallest absolute Gasteiger partial charge is 0.343 e.